The van der Waals surface area contributed by atoms with Crippen LogP contribution in [0.1, 0.15) is 38.3 Å². The predicted octanol–water partition coefficient (Wildman–Crippen LogP) is 2.05. The second kappa shape index (κ2) is 6.53. The van der Waals surface area contributed by atoms with E-state index in [0.29, 0.717) is 0 Å². The van der Waals surface area contributed by atoms with Crippen LogP contribution < -0.4 is 0 Å². The van der Waals surface area contributed by atoms with Gasteiger partial charge in [0.15, 0.2) is 0 Å². The van der Waals surface area contributed by atoms with E-state index in [9.17, 15) is 0 Å². The summed E-state index contributed by atoms with van der Waals surface area (Å²) in [6, 6.07) is 0. The fourth-order valence-electron chi connectivity index (χ4n) is 1.52. The van der Waals surface area contributed by atoms with Crippen LogP contribution in [0.2, 0.25) is 0 Å². The third kappa shape index (κ3) is 3.32. The van der Waals surface area contributed by atoms with E-state index >= 15 is 0 Å². The number of nitrogens with zero attached hydrogens (tertiary/aromatic N) is 5. The quantitative estimate of drug-likeness (QED) is 0.776. The van der Waals surface area contributed by atoms with Crippen LogP contribution in [0.3, 0.4) is 0 Å². The summed E-state index contributed by atoms with van der Waals surface area (Å²) in [6.07, 6.45) is 4.77. The predicted molar refractivity (Wildman–Crippen MR) is 70.3 cm³/mol. The number of aromatic nitrogens is 6. The summed E-state index contributed by atoms with van der Waals surface area (Å²) < 4.78 is 1.96. The number of hydrogen-bond acceptors (Lipinski definition) is 5. The molecule has 0 spiro atoms. The highest BCUT2D eigenvalue weighted by atomic mass is 32.2. The van der Waals surface area contributed by atoms with Crippen LogP contribution in [0.4, 0.5) is 0 Å². The highest BCUT2D eigenvalue weighted by molar-refractivity contribution is 7.98. The van der Waals surface area contributed by atoms with Gasteiger partial charge in [-0.25, -0.2) is 14.6 Å². The van der Waals surface area contributed by atoms with Gasteiger partial charge in [-0.15, -0.1) is 5.10 Å². The van der Waals surface area contributed by atoms with Gasteiger partial charge >= 0.3 is 0 Å². The van der Waals surface area contributed by atoms with Gasteiger partial charge in [0.25, 0.3) is 0 Å². The van der Waals surface area contributed by atoms with Gasteiger partial charge in [-0.2, -0.15) is 5.10 Å². The van der Waals surface area contributed by atoms with E-state index in [1.807, 2.05) is 4.68 Å². The highest BCUT2D eigenvalue weighted by Gasteiger charge is 2.07. The summed E-state index contributed by atoms with van der Waals surface area (Å²) in [4.78, 5) is 8.64. The van der Waals surface area contributed by atoms with Crippen molar-refractivity contribution in [3.63, 3.8) is 0 Å². The zero-order valence-electron chi connectivity index (χ0n) is 10.8. The first kappa shape index (κ1) is 13.1. The van der Waals surface area contributed by atoms with Crippen molar-refractivity contribution in [3.8, 4) is 0 Å². The molecule has 0 fully saturated rings. The highest BCUT2D eigenvalue weighted by Crippen LogP contribution is 2.17. The van der Waals surface area contributed by atoms with E-state index in [1.54, 1.807) is 18.1 Å². The molecule has 6 nitrogen and oxygen atoms in total. The van der Waals surface area contributed by atoms with Crippen molar-refractivity contribution in [2.24, 2.45) is 0 Å². The largest absolute Gasteiger partial charge is 0.262 e. The monoisotopic (exact) mass is 266 g/mol. The Bertz CT molecular complexity index is 477. The maximum atomic E-state index is 4.36. The molecule has 0 bridgehead atoms. The Kier molecular flexibility index (Phi) is 4.74. The summed E-state index contributed by atoms with van der Waals surface area (Å²) in [7, 11) is 0. The maximum Gasteiger partial charge on any atom is 0.208 e. The molecule has 0 aliphatic heterocycles. The van der Waals surface area contributed by atoms with Crippen LogP contribution >= 0.6 is 11.8 Å². The first-order valence-corrected chi connectivity index (χ1v) is 7.22. The molecule has 2 rings (SSSR count). The number of rotatable bonds is 7. The molecule has 0 atom stereocenters. The van der Waals surface area contributed by atoms with E-state index < -0.39 is 0 Å². The van der Waals surface area contributed by atoms with Crippen molar-refractivity contribution in [2.75, 3.05) is 0 Å². The van der Waals surface area contributed by atoms with Crippen molar-refractivity contribution in [3.05, 3.63) is 18.0 Å². The number of unbranched alkanes of at least 4 members (excludes halogenated alkanes) is 1. The van der Waals surface area contributed by atoms with Crippen molar-refractivity contribution >= 4 is 11.8 Å². The van der Waals surface area contributed by atoms with Gasteiger partial charge in [-0.3, -0.25) is 5.10 Å². The number of H-pyrrole nitrogens is 1. The standard InChI is InChI=1S/C11H18N6S/c1-3-5-6-17-10(12-8-13-17)7-18-11-14-9(4-2)15-16-11/h8H,3-7H2,1-2H3,(H,14,15,16). The lowest BCUT2D eigenvalue weighted by Gasteiger charge is -2.03. The minimum Gasteiger partial charge on any atom is -0.262 e. The van der Waals surface area contributed by atoms with Crippen LogP contribution in [-0.4, -0.2) is 29.9 Å². The summed E-state index contributed by atoms with van der Waals surface area (Å²) in [5.74, 6) is 2.66. The van der Waals surface area contributed by atoms with E-state index in [4.69, 9.17) is 0 Å². The van der Waals surface area contributed by atoms with E-state index in [-0.39, 0.29) is 0 Å². The molecule has 0 saturated heterocycles. The second-order valence-electron chi connectivity index (χ2n) is 3.96. The van der Waals surface area contributed by atoms with Gasteiger partial charge < -0.3 is 0 Å². The summed E-state index contributed by atoms with van der Waals surface area (Å²) in [5, 5.41) is 12.1. The first-order chi connectivity index (χ1) is 8.83. The SMILES string of the molecule is CCCCn1ncnc1CSc1n[nH]c(CC)n1. The first-order valence-electron chi connectivity index (χ1n) is 6.24. The summed E-state index contributed by atoms with van der Waals surface area (Å²) in [5.41, 5.74) is 0. The Balaban J connectivity index is 1.91. The van der Waals surface area contributed by atoms with E-state index in [2.05, 4.69) is 39.1 Å². The van der Waals surface area contributed by atoms with Crippen LogP contribution in [0, 0.1) is 0 Å². The molecule has 98 valence electrons. The Labute approximate surface area is 111 Å². The van der Waals surface area contributed by atoms with Gasteiger partial charge in [0.2, 0.25) is 5.16 Å². The molecule has 1 N–H and O–H groups in total. The second-order valence-corrected chi connectivity index (χ2v) is 4.90. The van der Waals surface area contributed by atoms with Gasteiger partial charge in [-0.1, -0.05) is 32.0 Å². The van der Waals surface area contributed by atoms with Crippen LogP contribution in [-0.2, 0) is 18.7 Å². The minimum atomic E-state index is 0.755. The minimum absolute atomic E-state index is 0.755. The Hall–Kier alpha value is -1.37. The van der Waals surface area contributed by atoms with Crippen molar-refractivity contribution in [1.29, 1.82) is 0 Å². The molecule has 0 unspecified atom stereocenters. The normalized spacial score (nSPS) is 11.0. The lowest BCUT2D eigenvalue weighted by molar-refractivity contribution is 0.554. The molecule has 2 heterocycles. The lowest BCUT2D eigenvalue weighted by Crippen LogP contribution is -2.04. The zero-order chi connectivity index (χ0) is 12.8. The zero-order valence-corrected chi connectivity index (χ0v) is 11.6. The topological polar surface area (TPSA) is 72.3 Å². The summed E-state index contributed by atoms with van der Waals surface area (Å²) in [6.45, 7) is 5.15. The third-order valence-corrected chi connectivity index (χ3v) is 3.44. The maximum absolute atomic E-state index is 4.36. The fourth-order valence-corrected chi connectivity index (χ4v) is 2.29. The number of thioether (sulfide) groups is 1. The van der Waals surface area contributed by atoms with E-state index in [1.165, 1.54) is 0 Å². The van der Waals surface area contributed by atoms with Gasteiger partial charge in [0, 0.05) is 13.0 Å². The molecule has 18 heavy (non-hydrogen) atoms. The Morgan fingerprint density at radius 3 is 3.00 bits per heavy atom. The van der Waals surface area contributed by atoms with Crippen LogP contribution in [0.15, 0.2) is 11.5 Å². The molecule has 0 aliphatic carbocycles. The van der Waals surface area contributed by atoms with Gasteiger partial charge in [-0.05, 0) is 6.42 Å². The van der Waals surface area contributed by atoms with Gasteiger partial charge in [0.1, 0.15) is 18.0 Å². The third-order valence-electron chi connectivity index (χ3n) is 2.60. The molecule has 0 aromatic carbocycles. The summed E-state index contributed by atoms with van der Waals surface area (Å²) >= 11 is 1.59. The Morgan fingerprint density at radius 2 is 2.28 bits per heavy atom. The lowest BCUT2D eigenvalue weighted by atomic mass is 10.3. The number of hydrogen-bond donors (Lipinski definition) is 1. The van der Waals surface area contributed by atoms with Crippen LogP contribution in [0.5, 0.6) is 0 Å². The molecule has 0 amide bonds. The Morgan fingerprint density at radius 1 is 1.39 bits per heavy atom. The molecular formula is C11H18N6S. The smallest absolute Gasteiger partial charge is 0.208 e. The van der Waals surface area contributed by atoms with E-state index in [0.717, 1.165) is 48.4 Å². The molecular weight excluding hydrogens is 248 g/mol. The van der Waals surface area contributed by atoms with Gasteiger partial charge in [0.05, 0.1) is 5.75 Å². The number of nitrogens with one attached hydrogen (secondary N) is 1. The van der Waals surface area contributed by atoms with Crippen molar-refractivity contribution in [1.82, 2.24) is 29.9 Å². The average molecular weight is 266 g/mol. The van der Waals surface area contributed by atoms with Crippen molar-refractivity contribution < 1.29 is 0 Å². The van der Waals surface area contributed by atoms with Crippen molar-refractivity contribution in [2.45, 2.75) is 50.6 Å². The number of aromatic amines is 1. The molecule has 7 heteroatoms. The average Bonchev–Trinajstić information content (AvgIpc) is 3.02. The molecule has 2 aromatic heterocycles. The molecule has 2 aromatic rings. The fraction of sp³-hybridized carbons (Fsp3) is 0.636. The molecule has 0 radical (unpaired) electrons. The molecule has 0 aliphatic rings. The molecule has 0 saturated carbocycles. The number of aryl methyl sites for hydroxylation is 2. The van der Waals surface area contributed by atoms with Crippen LogP contribution in [0.25, 0.3) is 0 Å².